The molecule has 1 aromatic carbocycles. The summed E-state index contributed by atoms with van der Waals surface area (Å²) in [6.07, 6.45) is 3.16. The number of aliphatic carboxylic acids is 1. The van der Waals surface area contributed by atoms with Crippen LogP contribution in [-0.4, -0.2) is 26.3 Å². The number of thioether (sulfide) groups is 1. The molecule has 2 N–H and O–H groups in total. The van der Waals surface area contributed by atoms with Crippen LogP contribution in [0.5, 0.6) is 0 Å². The molecule has 0 fully saturated rings. The number of aryl methyl sites for hydroxylation is 1. The quantitative estimate of drug-likeness (QED) is 0.441. The van der Waals surface area contributed by atoms with Crippen LogP contribution in [0.3, 0.4) is 0 Å². The van der Waals surface area contributed by atoms with Gasteiger partial charge in [-0.2, -0.15) is 0 Å². The summed E-state index contributed by atoms with van der Waals surface area (Å²) in [5, 5.41) is 17.3. The molecule has 0 atom stereocenters. The van der Waals surface area contributed by atoms with Crippen molar-refractivity contribution in [3.8, 4) is 11.3 Å². The summed E-state index contributed by atoms with van der Waals surface area (Å²) in [5.74, 6) is 0.735. The molecule has 134 valence electrons. The predicted octanol–water partition coefficient (Wildman–Crippen LogP) is 4.89. The molecule has 0 unspecified atom stereocenters. The van der Waals surface area contributed by atoms with E-state index in [1.54, 1.807) is 24.3 Å². The number of hydrogen-bond donors (Lipinski definition) is 2. The van der Waals surface area contributed by atoms with Gasteiger partial charge in [0.1, 0.15) is 22.3 Å². The zero-order valence-corrected chi connectivity index (χ0v) is 15.5. The molecular formula is C18H16ClN3O3S. The second-order valence-electron chi connectivity index (χ2n) is 5.44. The first-order valence-electron chi connectivity index (χ1n) is 7.95. The highest BCUT2D eigenvalue weighted by Gasteiger charge is 2.15. The summed E-state index contributed by atoms with van der Waals surface area (Å²) < 4.78 is 5.73. The minimum absolute atomic E-state index is 0.0732. The molecule has 0 bridgehead atoms. The van der Waals surface area contributed by atoms with Crippen molar-refractivity contribution in [3.05, 3.63) is 57.9 Å². The second-order valence-corrected chi connectivity index (χ2v) is 6.88. The molecule has 2 aromatic heterocycles. The molecule has 2 heterocycles. The number of rotatable bonds is 7. The van der Waals surface area contributed by atoms with E-state index in [1.165, 1.54) is 6.08 Å². The van der Waals surface area contributed by atoms with Gasteiger partial charge >= 0.3 is 5.97 Å². The van der Waals surface area contributed by atoms with E-state index in [-0.39, 0.29) is 4.91 Å². The second kappa shape index (κ2) is 8.25. The number of furan rings is 1. The van der Waals surface area contributed by atoms with Gasteiger partial charge in [0.05, 0.1) is 0 Å². The van der Waals surface area contributed by atoms with Gasteiger partial charge in [0.15, 0.2) is 0 Å². The summed E-state index contributed by atoms with van der Waals surface area (Å²) >= 11 is 6.86. The van der Waals surface area contributed by atoms with Crippen LogP contribution >= 0.6 is 23.4 Å². The fourth-order valence-electron chi connectivity index (χ4n) is 2.23. The van der Waals surface area contributed by atoms with Crippen LogP contribution in [0.4, 0.5) is 0 Å². The molecule has 0 aliphatic carbocycles. The number of H-pyrrole nitrogens is 1. The maximum atomic E-state index is 11.5. The van der Waals surface area contributed by atoms with E-state index in [0.717, 1.165) is 36.0 Å². The van der Waals surface area contributed by atoms with Crippen molar-refractivity contribution in [2.45, 2.75) is 24.9 Å². The lowest BCUT2D eigenvalue weighted by molar-refractivity contribution is -0.131. The largest absolute Gasteiger partial charge is 0.477 e. The number of carboxylic acid groups (broad SMARTS) is 1. The molecular weight excluding hydrogens is 374 g/mol. The van der Waals surface area contributed by atoms with Crippen LogP contribution in [0.25, 0.3) is 17.4 Å². The summed E-state index contributed by atoms with van der Waals surface area (Å²) in [5.41, 5.74) is 0.858. The maximum Gasteiger partial charge on any atom is 0.342 e. The first kappa shape index (κ1) is 18.3. The highest BCUT2D eigenvalue weighted by Crippen LogP contribution is 2.29. The normalized spacial score (nSPS) is 11.7. The Kier molecular flexibility index (Phi) is 5.80. The monoisotopic (exact) mass is 389 g/mol. The Labute approximate surface area is 159 Å². The number of nitrogens with one attached hydrogen (secondary N) is 1. The number of hydrogen-bond acceptors (Lipinski definition) is 5. The van der Waals surface area contributed by atoms with Crippen LogP contribution in [0.1, 0.15) is 24.9 Å². The van der Waals surface area contributed by atoms with Gasteiger partial charge in [0, 0.05) is 23.1 Å². The Morgan fingerprint density at radius 1 is 1.31 bits per heavy atom. The van der Waals surface area contributed by atoms with E-state index >= 15 is 0 Å². The zero-order chi connectivity index (χ0) is 18.5. The molecule has 6 nitrogen and oxygen atoms in total. The van der Waals surface area contributed by atoms with E-state index < -0.39 is 5.97 Å². The van der Waals surface area contributed by atoms with E-state index in [0.29, 0.717) is 21.7 Å². The molecule has 3 aromatic rings. The number of benzene rings is 1. The smallest absolute Gasteiger partial charge is 0.342 e. The highest BCUT2D eigenvalue weighted by atomic mass is 35.5. The van der Waals surface area contributed by atoms with E-state index in [9.17, 15) is 9.90 Å². The van der Waals surface area contributed by atoms with Crippen LogP contribution in [0.2, 0.25) is 5.02 Å². The van der Waals surface area contributed by atoms with Crippen molar-refractivity contribution in [3.63, 3.8) is 0 Å². The maximum absolute atomic E-state index is 11.5. The van der Waals surface area contributed by atoms with Crippen molar-refractivity contribution in [2.75, 3.05) is 0 Å². The van der Waals surface area contributed by atoms with Gasteiger partial charge in [-0.3, -0.25) is 5.10 Å². The SMILES string of the molecule is CCCc1nc(S/C(=C\c2ccc(-c3ccc(Cl)cc3)o2)C(=O)O)n[nH]1. The third-order valence-corrected chi connectivity index (χ3v) is 4.57. The molecule has 26 heavy (non-hydrogen) atoms. The number of halogens is 1. The van der Waals surface area contributed by atoms with E-state index in [4.69, 9.17) is 16.0 Å². The lowest BCUT2D eigenvalue weighted by Crippen LogP contribution is -1.97. The Hall–Kier alpha value is -2.51. The molecule has 0 amide bonds. The van der Waals surface area contributed by atoms with Crippen molar-refractivity contribution in [1.82, 2.24) is 15.2 Å². The van der Waals surface area contributed by atoms with Gasteiger partial charge in [0.25, 0.3) is 0 Å². The highest BCUT2D eigenvalue weighted by molar-refractivity contribution is 8.04. The van der Waals surface area contributed by atoms with Crippen molar-refractivity contribution >= 4 is 35.4 Å². The summed E-state index contributed by atoms with van der Waals surface area (Å²) in [7, 11) is 0. The Balaban J connectivity index is 1.80. The van der Waals surface area contributed by atoms with Gasteiger partial charge in [-0.15, -0.1) is 5.10 Å². The predicted molar refractivity (Wildman–Crippen MR) is 101 cm³/mol. The number of aromatic nitrogens is 3. The molecule has 0 saturated heterocycles. The van der Waals surface area contributed by atoms with Gasteiger partial charge in [0.2, 0.25) is 5.16 Å². The minimum atomic E-state index is -1.07. The number of aromatic amines is 1. The molecule has 0 spiro atoms. The van der Waals surface area contributed by atoms with Gasteiger partial charge < -0.3 is 9.52 Å². The molecule has 3 rings (SSSR count). The third-order valence-electron chi connectivity index (χ3n) is 3.44. The Morgan fingerprint density at radius 2 is 2.08 bits per heavy atom. The summed E-state index contributed by atoms with van der Waals surface area (Å²) in [4.78, 5) is 15.9. The van der Waals surface area contributed by atoms with Gasteiger partial charge in [-0.1, -0.05) is 18.5 Å². The first-order valence-corrected chi connectivity index (χ1v) is 9.14. The number of carbonyl (C=O) groups is 1. The van der Waals surface area contributed by atoms with E-state index in [1.807, 2.05) is 19.1 Å². The fourth-order valence-corrected chi connectivity index (χ4v) is 3.07. The van der Waals surface area contributed by atoms with Crippen LogP contribution < -0.4 is 0 Å². The molecule has 0 aliphatic rings. The molecule has 0 saturated carbocycles. The molecule has 0 radical (unpaired) electrons. The third kappa shape index (κ3) is 4.56. The van der Waals surface area contributed by atoms with Crippen LogP contribution in [0.15, 0.2) is 50.9 Å². The Bertz CT molecular complexity index is 931. The van der Waals surface area contributed by atoms with E-state index in [2.05, 4.69) is 15.2 Å². The zero-order valence-electron chi connectivity index (χ0n) is 13.9. The Morgan fingerprint density at radius 3 is 2.77 bits per heavy atom. The van der Waals surface area contributed by atoms with Gasteiger partial charge in [-0.25, -0.2) is 9.78 Å². The van der Waals surface area contributed by atoms with Crippen molar-refractivity contribution < 1.29 is 14.3 Å². The number of nitrogens with zero attached hydrogens (tertiary/aromatic N) is 2. The van der Waals surface area contributed by atoms with Crippen LogP contribution in [0, 0.1) is 0 Å². The van der Waals surface area contributed by atoms with Crippen molar-refractivity contribution in [1.29, 1.82) is 0 Å². The average molecular weight is 390 g/mol. The minimum Gasteiger partial charge on any atom is -0.477 e. The lowest BCUT2D eigenvalue weighted by Gasteiger charge is -1.98. The average Bonchev–Trinajstić information content (AvgIpc) is 3.25. The standard InChI is InChI=1S/C18H16ClN3O3S/c1-2-3-16-20-18(22-21-16)26-15(17(23)24)10-13-8-9-14(25-13)11-4-6-12(19)7-5-11/h4-10H,2-3H2,1H3,(H,23,24)(H,20,21,22)/b15-10-. The first-order chi connectivity index (χ1) is 12.5. The van der Waals surface area contributed by atoms with Gasteiger partial charge in [-0.05, 0) is 54.6 Å². The molecule has 8 heteroatoms. The summed E-state index contributed by atoms with van der Waals surface area (Å²) in [6, 6.07) is 10.7. The topological polar surface area (TPSA) is 92.0 Å². The van der Waals surface area contributed by atoms with Crippen LogP contribution in [-0.2, 0) is 11.2 Å². The molecule has 0 aliphatic heterocycles. The van der Waals surface area contributed by atoms with Crippen molar-refractivity contribution in [2.24, 2.45) is 0 Å². The summed E-state index contributed by atoms with van der Waals surface area (Å²) in [6.45, 7) is 2.03. The number of carboxylic acids is 1. The lowest BCUT2D eigenvalue weighted by atomic mass is 10.2. The fraction of sp³-hybridized carbons (Fsp3) is 0.167.